The van der Waals surface area contributed by atoms with E-state index in [2.05, 4.69) is 0 Å². The molecule has 0 amide bonds. The van der Waals surface area contributed by atoms with E-state index >= 15 is 0 Å². The number of hydrogen-bond donors (Lipinski definition) is 0. The zero-order valence-electron chi connectivity index (χ0n) is 10.3. The molecule has 2 aromatic rings. The van der Waals surface area contributed by atoms with E-state index in [1.54, 1.807) is 0 Å². The molecule has 1 nitrogen and oxygen atoms in total. The second kappa shape index (κ2) is 5.17. The molecule has 0 saturated heterocycles. The van der Waals surface area contributed by atoms with Crippen LogP contribution >= 0.6 is 0 Å². The summed E-state index contributed by atoms with van der Waals surface area (Å²) in [5, 5.41) is 0. The molecule has 3 heteroatoms. The molecule has 2 rings (SSSR count). The molecule has 0 radical (unpaired) electrons. The van der Waals surface area contributed by atoms with Gasteiger partial charge in [0.15, 0.2) is 0 Å². The first-order valence-electron chi connectivity index (χ1n) is 5.70. The first-order valence-corrected chi connectivity index (χ1v) is 5.70. The van der Waals surface area contributed by atoms with Crippen molar-refractivity contribution in [2.45, 2.75) is 20.5 Å². The fourth-order valence-electron chi connectivity index (χ4n) is 1.56. The Morgan fingerprint density at radius 2 is 1.50 bits per heavy atom. The van der Waals surface area contributed by atoms with Crippen LogP contribution in [0.25, 0.3) is 0 Å². The van der Waals surface area contributed by atoms with E-state index in [0.29, 0.717) is 6.61 Å². The quantitative estimate of drug-likeness (QED) is 0.792. The SMILES string of the molecule is Cc1ccc(COc2cc(F)c(C)c(F)c2)cc1. The third kappa shape index (κ3) is 2.86. The molecule has 0 spiro atoms. The lowest BCUT2D eigenvalue weighted by Crippen LogP contribution is -1.98. The van der Waals surface area contributed by atoms with Gasteiger partial charge in [0.25, 0.3) is 0 Å². The van der Waals surface area contributed by atoms with E-state index in [4.69, 9.17) is 4.74 Å². The van der Waals surface area contributed by atoms with Crippen LogP contribution in [0.15, 0.2) is 36.4 Å². The van der Waals surface area contributed by atoms with Gasteiger partial charge in [-0.1, -0.05) is 29.8 Å². The summed E-state index contributed by atoms with van der Waals surface area (Å²) in [5.41, 5.74) is 2.13. The molecule has 0 bridgehead atoms. The Hall–Kier alpha value is -1.90. The first-order chi connectivity index (χ1) is 8.56. The van der Waals surface area contributed by atoms with Gasteiger partial charge in [0.1, 0.15) is 24.0 Å². The number of hydrogen-bond acceptors (Lipinski definition) is 1. The van der Waals surface area contributed by atoms with Gasteiger partial charge in [-0.05, 0) is 19.4 Å². The Balaban J connectivity index is 2.08. The molecule has 0 atom stereocenters. The summed E-state index contributed by atoms with van der Waals surface area (Å²) in [6, 6.07) is 10.2. The molecule has 0 aromatic heterocycles. The molecule has 0 fully saturated rings. The van der Waals surface area contributed by atoms with Gasteiger partial charge in [0.05, 0.1) is 0 Å². The van der Waals surface area contributed by atoms with Crippen LogP contribution in [-0.4, -0.2) is 0 Å². The summed E-state index contributed by atoms with van der Waals surface area (Å²) < 4.78 is 32.0. The second-order valence-corrected chi connectivity index (χ2v) is 4.29. The summed E-state index contributed by atoms with van der Waals surface area (Å²) in [6.45, 7) is 3.69. The lowest BCUT2D eigenvalue weighted by molar-refractivity contribution is 0.302. The number of aryl methyl sites for hydroxylation is 1. The van der Waals surface area contributed by atoms with Crippen molar-refractivity contribution in [3.63, 3.8) is 0 Å². The summed E-state index contributed by atoms with van der Waals surface area (Å²) in [4.78, 5) is 0. The van der Waals surface area contributed by atoms with Crippen molar-refractivity contribution in [3.05, 3.63) is 64.7 Å². The van der Waals surface area contributed by atoms with E-state index in [0.717, 1.165) is 11.1 Å². The van der Waals surface area contributed by atoms with Gasteiger partial charge in [0.2, 0.25) is 0 Å². The van der Waals surface area contributed by atoms with Crippen molar-refractivity contribution in [1.29, 1.82) is 0 Å². The van der Waals surface area contributed by atoms with Crippen molar-refractivity contribution in [3.8, 4) is 5.75 Å². The second-order valence-electron chi connectivity index (χ2n) is 4.29. The minimum absolute atomic E-state index is 0.0117. The Bertz CT molecular complexity index is 524. The Morgan fingerprint density at radius 3 is 2.06 bits per heavy atom. The Morgan fingerprint density at radius 1 is 0.944 bits per heavy atom. The fraction of sp³-hybridized carbons (Fsp3) is 0.200. The maximum absolute atomic E-state index is 13.3. The minimum Gasteiger partial charge on any atom is -0.489 e. The highest BCUT2D eigenvalue weighted by molar-refractivity contribution is 5.30. The van der Waals surface area contributed by atoms with Gasteiger partial charge in [-0.2, -0.15) is 0 Å². The van der Waals surface area contributed by atoms with Gasteiger partial charge in [0, 0.05) is 17.7 Å². The highest BCUT2D eigenvalue weighted by atomic mass is 19.1. The standard InChI is InChI=1S/C15H14F2O/c1-10-3-5-12(6-4-10)9-18-13-7-14(16)11(2)15(17)8-13/h3-8H,9H2,1-2H3. The lowest BCUT2D eigenvalue weighted by Gasteiger charge is -2.08. The predicted molar refractivity (Wildman–Crippen MR) is 66.6 cm³/mol. The summed E-state index contributed by atoms with van der Waals surface area (Å²) >= 11 is 0. The largest absolute Gasteiger partial charge is 0.489 e. The average molecular weight is 248 g/mol. The topological polar surface area (TPSA) is 9.23 Å². The number of halogens is 2. The molecule has 0 aliphatic heterocycles. The zero-order valence-corrected chi connectivity index (χ0v) is 10.3. The van der Waals surface area contributed by atoms with E-state index in [1.807, 2.05) is 31.2 Å². The third-order valence-electron chi connectivity index (χ3n) is 2.78. The van der Waals surface area contributed by atoms with E-state index in [1.165, 1.54) is 19.1 Å². The van der Waals surface area contributed by atoms with Crippen LogP contribution in [0.4, 0.5) is 8.78 Å². The van der Waals surface area contributed by atoms with Crippen LogP contribution in [0, 0.1) is 25.5 Å². The molecule has 0 heterocycles. The number of rotatable bonds is 3. The molecule has 0 N–H and O–H groups in total. The van der Waals surface area contributed by atoms with Gasteiger partial charge in [-0.3, -0.25) is 0 Å². The van der Waals surface area contributed by atoms with Gasteiger partial charge >= 0.3 is 0 Å². The van der Waals surface area contributed by atoms with Crippen molar-refractivity contribution < 1.29 is 13.5 Å². The van der Waals surface area contributed by atoms with Crippen LogP contribution in [0.3, 0.4) is 0 Å². The van der Waals surface area contributed by atoms with E-state index in [-0.39, 0.29) is 11.3 Å². The van der Waals surface area contributed by atoms with Gasteiger partial charge in [-0.25, -0.2) is 8.78 Å². The molecular formula is C15H14F2O. The van der Waals surface area contributed by atoms with Crippen molar-refractivity contribution in [2.75, 3.05) is 0 Å². The van der Waals surface area contributed by atoms with E-state index in [9.17, 15) is 8.78 Å². The van der Waals surface area contributed by atoms with Crippen molar-refractivity contribution >= 4 is 0 Å². The van der Waals surface area contributed by atoms with Crippen molar-refractivity contribution in [1.82, 2.24) is 0 Å². The molecule has 0 aliphatic carbocycles. The van der Waals surface area contributed by atoms with Crippen LogP contribution in [-0.2, 0) is 6.61 Å². The molecule has 94 valence electrons. The maximum atomic E-state index is 13.3. The van der Waals surface area contributed by atoms with Gasteiger partial charge in [-0.15, -0.1) is 0 Å². The van der Waals surface area contributed by atoms with Crippen LogP contribution in [0.5, 0.6) is 5.75 Å². The Labute approximate surface area is 105 Å². The smallest absolute Gasteiger partial charge is 0.132 e. The lowest BCUT2D eigenvalue weighted by atomic mass is 10.2. The molecule has 0 aliphatic rings. The predicted octanol–water partition coefficient (Wildman–Crippen LogP) is 4.16. The highest BCUT2D eigenvalue weighted by Crippen LogP contribution is 2.20. The minimum atomic E-state index is -0.589. The first kappa shape index (κ1) is 12.6. The van der Waals surface area contributed by atoms with Crippen molar-refractivity contribution in [2.24, 2.45) is 0 Å². The number of ether oxygens (including phenoxy) is 1. The van der Waals surface area contributed by atoms with E-state index < -0.39 is 11.6 Å². The molecular weight excluding hydrogens is 234 g/mol. The van der Waals surface area contributed by atoms with Gasteiger partial charge < -0.3 is 4.74 Å². The number of benzene rings is 2. The monoisotopic (exact) mass is 248 g/mol. The Kier molecular flexibility index (Phi) is 3.60. The zero-order chi connectivity index (χ0) is 13.1. The summed E-state index contributed by atoms with van der Waals surface area (Å²) in [6.07, 6.45) is 0. The third-order valence-corrected chi connectivity index (χ3v) is 2.78. The molecule has 18 heavy (non-hydrogen) atoms. The normalized spacial score (nSPS) is 10.4. The average Bonchev–Trinajstić information content (AvgIpc) is 2.35. The van der Waals surface area contributed by atoms with Crippen LogP contribution in [0.2, 0.25) is 0 Å². The molecule has 0 saturated carbocycles. The molecule has 0 unspecified atom stereocenters. The van der Waals surface area contributed by atoms with Crippen LogP contribution < -0.4 is 4.74 Å². The highest BCUT2D eigenvalue weighted by Gasteiger charge is 2.07. The fourth-order valence-corrected chi connectivity index (χ4v) is 1.56. The molecule has 2 aromatic carbocycles. The maximum Gasteiger partial charge on any atom is 0.132 e. The summed E-state index contributed by atoms with van der Waals surface area (Å²) in [5.74, 6) is -0.973. The summed E-state index contributed by atoms with van der Waals surface area (Å²) in [7, 11) is 0. The van der Waals surface area contributed by atoms with Crippen LogP contribution in [0.1, 0.15) is 16.7 Å².